The number of sulfonamides is 1. The molecule has 1 N–H and O–H groups in total. The Bertz CT molecular complexity index is 1380. The van der Waals surface area contributed by atoms with Crippen molar-refractivity contribution in [2.75, 3.05) is 10.8 Å². The Balaban J connectivity index is 1.69. The van der Waals surface area contributed by atoms with Gasteiger partial charge < -0.3 is 10.2 Å². The zero-order valence-electron chi connectivity index (χ0n) is 22.7. The minimum Gasteiger partial charge on any atom is -0.352 e. The van der Waals surface area contributed by atoms with E-state index in [2.05, 4.69) is 5.32 Å². The van der Waals surface area contributed by atoms with Crippen LogP contribution in [-0.4, -0.2) is 43.8 Å². The lowest BCUT2D eigenvalue weighted by atomic mass is 9.95. The Labute approximate surface area is 242 Å². The van der Waals surface area contributed by atoms with Crippen molar-refractivity contribution >= 4 is 39.1 Å². The number of hydrogen-bond acceptors (Lipinski definition) is 4. The summed E-state index contributed by atoms with van der Waals surface area (Å²) in [6.07, 6.45) is 5.52. The molecule has 3 aromatic rings. The van der Waals surface area contributed by atoms with Gasteiger partial charge in [0.25, 0.3) is 10.0 Å². The Morgan fingerprint density at radius 2 is 1.50 bits per heavy atom. The van der Waals surface area contributed by atoms with Crippen molar-refractivity contribution in [3.05, 3.63) is 95.5 Å². The molecule has 212 valence electrons. The quantitative estimate of drug-likeness (QED) is 0.310. The normalized spacial score (nSPS) is 14.8. The lowest BCUT2D eigenvalue weighted by molar-refractivity contribution is -0.140. The van der Waals surface area contributed by atoms with E-state index in [1.165, 1.54) is 17.0 Å². The SMILES string of the molecule is CC[C@H](C(=O)NC1CCCCC1)N(Cc1ccccc1)C(=O)CN(c1ccccc1Cl)S(=O)(=O)c1ccccc1. The van der Waals surface area contributed by atoms with Gasteiger partial charge in [-0.1, -0.05) is 98.5 Å². The van der Waals surface area contributed by atoms with Crippen LogP contribution >= 0.6 is 11.6 Å². The summed E-state index contributed by atoms with van der Waals surface area (Å²) in [5.41, 5.74) is 1.04. The summed E-state index contributed by atoms with van der Waals surface area (Å²) in [4.78, 5) is 29.2. The maximum absolute atomic E-state index is 14.1. The summed E-state index contributed by atoms with van der Waals surface area (Å²) in [6.45, 7) is 1.52. The summed E-state index contributed by atoms with van der Waals surface area (Å²) in [5, 5.41) is 3.36. The fourth-order valence-corrected chi connectivity index (χ4v) is 6.87. The number of amides is 2. The number of anilines is 1. The second-order valence-corrected chi connectivity index (χ2v) is 12.3. The van der Waals surface area contributed by atoms with Crippen LogP contribution in [0.5, 0.6) is 0 Å². The number of carbonyl (C=O) groups excluding carboxylic acids is 2. The lowest BCUT2D eigenvalue weighted by Crippen LogP contribution is -2.54. The average molecular weight is 582 g/mol. The standard InChI is InChI=1S/C31H36ClN3O4S/c1-2-28(31(37)33-25-16-8-4-9-17-25)34(22-24-14-6-3-7-15-24)30(36)23-35(29-21-13-12-20-27(29)32)40(38,39)26-18-10-5-11-19-26/h3,5-7,10-15,18-21,25,28H,2,4,8-9,16-17,22-23H2,1H3,(H,33,37)/t28-/m1/s1. The van der Waals surface area contributed by atoms with Gasteiger partial charge >= 0.3 is 0 Å². The summed E-state index contributed by atoms with van der Waals surface area (Å²) >= 11 is 6.46. The Hall–Kier alpha value is -3.36. The third-order valence-corrected chi connectivity index (χ3v) is 9.36. The predicted molar refractivity (Wildman–Crippen MR) is 159 cm³/mol. The molecule has 1 fully saturated rings. The first-order valence-electron chi connectivity index (χ1n) is 13.8. The smallest absolute Gasteiger partial charge is 0.264 e. The van der Waals surface area contributed by atoms with Crippen molar-refractivity contribution in [1.82, 2.24) is 10.2 Å². The number of benzene rings is 3. The minimum atomic E-state index is -4.15. The van der Waals surface area contributed by atoms with Crippen LogP contribution in [0.3, 0.4) is 0 Å². The first-order valence-corrected chi connectivity index (χ1v) is 15.6. The van der Waals surface area contributed by atoms with Gasteiger partial charge in [0.15, 0.2) is 0 Å². The molecule has 1 saturated carbocycles. The maximum atomic E-state index is 14.1. The van der Waals surface area contributed by atoms with Crippen LogP contribution in [-0.2, 0) is 26.2 Å². The van der Waals surface area contributed by atoms with E-state index in [0.717, 1.165) is 42.0 Å². The first-order chi connectivity index (χ1) is 19.3. The van der Waals surface area contributed by atoms with Crippen LogP contribution in [0.1, 0.15) is 51.0 Å². The van der Waals surface area contributed by atoms with Crippen molar-refractivity contribution in [3.63, 3.8) is 0 Å². The Morgan fingerprint density at radius 1 is 0.900 bits per heavy atom. The van der Waals surface area contributed by atoms with E-state index in [0.29, 0.717) is 6.42 Å². The summed E-state index contributed by atoms with van der Waals surface area (Å²) in [5.74, 6) is -0.706. The number of rotatable bonds is 11. The second kappa shape index (κ2) is 13.8. The largest absolute Gasteiger partial charge is 0.352 e. The maximum Gasteiger partial charge on any atom is 0.264 e. The Morgan fingerprint density at radius 3 is 2.12 bits per heavy atom. The summed E-state index contributed by atoms with van der Waals surface area (Å²) < 4.78 is 28.7. The van der Waals surface area contributed by atoms with E-state index in [4.69, 9.17) is 11.6 Å². The van der Waals surface area contributed by atoms with Crippen molar-refractivity contribution < 1.29 is 18.0 Å². The van der Waals surface area contributed by atoms with Gasteiger partial charge in [-0.2, -0.15) is 0 Å². The molecule has 1 aliphatic rings. The third-order valence-electron chi connectivity index (χ3n) is 7.26. The topological polar surface area (TPSA) is 86.8 Å². The van der Waals surface area contributed by atoms with Gasteiger partial charge in [0, 0.05) is 12.6 Å². The zero-order chi connectivity index (χ0) is 28.5. The van der Waals surface area contributed by atoms with Crippen molar-refractivity contribution in [2.45, 2.75) is 69.0 Å². The van der Waals surface area contributed by atoms with E-state index in [1.807, 2.05) is 37.3 Å². The molecule has 2 amide bonds. The Kier molecular flexibility index (Phi) is 10.2. The number of halogens is 1. The van der Waals surface area contributed by atoms with Crippen LogP contribution in [0.15, 0.2) is 89.8 Å². The molecule has 0 aliphatic heterocycles. The first kappa shape index (κ1) is 29.6. The molecular formula is C31H36ClN3O4S. The molecule has 0 unspecified atom stereocenters. The van der Waals surface area contributed by atoms with Gasteiger partial charge in [0.1, 0.15) is 12.6 Å². The molecule has 7 nitrogen and oxygen atoms in total. The second-order valence-electron chi connectivity index (χ2n) is 10.1. The van der Waals surface area contributed by atoms with Gasteiger partial charge in [-0.25, -0.2) is 8.42 Å². The van der Waals surface area contributed by atoms with Crippen LogP contribution in [0.25, 0.3) is 0 Å². The fraction of sp³-hybridized carbons (Fsp3) is 0.355. The summed E-state index contributed by atoms with van der Waals surface area (Å²) in [7, 11) is -4.15. The lowest BCUT2D eigenvalue weighted by Gasteiger charge is -2.34. The highest BCUT2D eigenvalue weighted by Gasteiger charge is 2.35. The predicted octanol–water partition coefficient (Wildman–Crippen LogP) is 5.79. The van der Waals surface area contributed by atoms with Gasteiger partial charge in [-0.3, -0.25) is 13.9 Å². The number of carbonyl (C=O) groups is 2. The van der Waals surface area contributed by atoms with E-state index >= 15 is 0 Å². The number of nitrogens with zero attached hydrogens (tertiary/aromatic N) is 2. The molecule has 1 atom stereocenters. The van der Waals surface area contributed by atoms with Crippen LogP contribution in [0.2, 0.25) is 5.02 Å². The zero-order valence-corrected chi connectivity index (χ0v) is 24.3. The molecule has 0 aromatic heterocycles. The molecule has 9 heteroatoms. The van der Waals surface area contributed by atoms with Gasteiger partial charge in [0.2, 0.25) is 11.8 Å². The third kappa shape index (κ3) is 7.23. The molecule has 0 heterocycles. The monoisotopic (exact) mass is 581 g/mol. The van der Waals surface area contributed by atoms with Crippen LogP contribution < -0.4 is 9.62 Å². The highest BCUT2D eigenvalue weighted by Crippen LogP contribution is 2.31. The number of para-hydroxylation sites is 1. The summed E-state index contributed by atoms with van der Waals surface area (Å²) in [6, 6.07) is 23.2. The minimum absolute atomic E-state index is 0.0411. The van der Waals surface area contributed by atoms with Gasteiger partial charge in [-0.15, -0.1) is 0 Å². The van der Waals surface area contributed by atoms with Crippen molar-refractivity contribution in [3.8, 4) is 0 Å². The number of hydrogen-bond donors (Lipinski definition) is 1. The van der Waals surface area contributed by atoms with Crippen LogP contribution in [0, 0.1) is 0 Å². The highest BCUT2D eigenvalue weighted by molar-refractivity contribution is 7.92. The van der Waals surface area contributed by atoms with E-state index in [9.17, 15) is 18.0 Å². The van der Waals surface area contributed by atoms with Gasteiger partial charge in [0.05, 0.1) is 15.6 Å². The van der Waals surface area contributed by atoms with E-state index < -0.39 is 28.5 Å². The molecule has 0 bridgehead atoms. The molecule has 0 saturated heterocycles. The highest BCUT2D eigenvalue weighted by atomic mass is 35.5. The molecule has 40 heavy (non-hydrogen) atoms. The van der Waals surface area contributed by atoms with Gasteiger partial charge in [-0.05, 0) is 49.1 Å². The molecule has 4 rings (SSSR count). The molecule has 0 radical (unpaired) electrons. The van der Waals surface area contributed by atoms with Crippen LogP contribution in [0.4, 0.5) is 5.69 Å². The van der Waals surface area contributed by atoms with E-state index in [-0.39, 0.29) is 34.1 Å². The molecule has 3 aromatic carbocycles. The van der Waals surface area contributed by atoms with E-state index in [1.54, 1.807) is 42.5 Å². The fourth-order valence-electron chi connectivity index (χ4n) is 5.13. The van der Waals surface area contributed by atoms with Crippen molar-refractivity contribution in [1.29, 1.82) is 0 Å². The van der Waals surface area contributed by atoms with Crippen molar-refractivity contribution in [2.24, 2.45) is 0 Å². The number of nitrogens with one attached hydrogen (secondary N) is 1. The average Bonchev–Trinajstić information content (AvgIpc) is 2.97. The molecule has 1 aliphatic carbocycles. The molecular weight excluding hydrogens is 546 g/mol. The molecule has 0 spiro atoms.